The van der Waals surface area contributed by atoms with Gasteiger partial charge in [-0.3, -0.25) is 0 Å². The third-order valence-electron chi connectivity index (χ3n) is 2.26. The van der Waals surface area contributed by atoms with E-state index < -0.39 is 0 Å². The fraction of sp³-hybridized carbons (Fsp3) is 1.00. The van der Waals surface area contributed by atoms with E-state index >= 15 is 0 Å². The normalized spacial score (nSPS) is 24.2. The Morgan fingerprint density at radius 2 is 2.25 bits per heavy atom. The van der Waals surface area contributed by atoms with Crippen LogP contribution in [0.15, 0.2) is 0 Å². The van der Waals surface area contributed by atoms with Crippen molar-refractivity contribution in [3.63, 3.8) is 0 Å². The summed E-state index contributed by atoms with van der Waals surface area (Å²) in [7, 11) is 0. The van der Waals surface area contributed by atoms with Gasteiger partial charge in [-0.05, 0) is 19.4 Å². The highest BCUT2D eigenvalue weighted by atomic mass is 16.5. The Balaban J connectivity index is 1.91. The van der Waals surface area contributed by atoms with Crippen LogP contribution < -0.4 is 11.1 Å². The summed E-state index contributed by atoms with van der Waals surface area (Å²) in [5.74, 6) is 0. The van der Waals surface area contributed by atoms with E-state index in [0.717, 1.165) is 32.7 Å². The maximum Gasteiger partial charge on any atom is 0.0620 e. The van der Waals surface area contributed by atoms with Crippen LogP contribution in [0.1, 0.15) is 25.7 Å². The zero-order valence-electron chi connectivity index (χ0n) is 7.72. The van der Waals surface area contributed by atoms with Gasteiger partial charge in [0, 0.05) is 12.6 Å². The van der Waals surface area contributed by atoms with Crippen molar-refractivity contribution in [2.75, 3.05) is 26.3 Å². The van der Waals surface area contributed by atoms with Crippen molar-refractivity contribution >= 4 is 0 Å². The molecule has 0 aliphatic carbocycles. The quantitative estimate of drug-likeness (QED) is 0.593. The number of hydrogen-bond donors (Lipinski definition) is 2. The van der Waals surface area contributed by atoms with Gasteiger partial charge in [0.2, 0.25) is 0 Å². The summed E-state index contributed by atoms with van der Waals surface area (Å²) in [4.78, 5) is 0. The lowest BCUT2D eigenvalue weighted by Gasteiger charge is -2.23. The molecular formula is C9H20N2O. The molecule has 1 unspecified atom stereocenters. The van der Waals surface area contributed by atoms with E-state index in [2.05, 4.69) is 5.32 Å². The van der Waals surface area contributed by atoms with Crippen molar-refractivity contribution in [1.29, 1.82) is 0 Å². The van der Waals surface area contributed by atoms with Gasteiger partial charge in [-0.25, -0.2) is 0 Å². The van der Waals surface area contributed by atoms with Crippen LogP contribution in [0.2, 0.25) is 0 Å². The van der Waals surface area contributed by atoms with Gasteiger partial charge in [0.15, 0.2) is 0 Å². The highest BCUT2D eigenvalue weighted by Crippen LogP contribution is 2.05. The molecular weight excluding hydrogens is 152 g/mol. The van der Waals surface area contributed by atoms with Crippen LogP contribution in [0.3, 0.4) is 0 Å². The van der Waals surface area contributed by atoms with Crippen LogP contribution >= 0.6 is 0 Å². The van der Waals surface area contributed by atoms with E-state index in [1.165, 1.54) is 19.3 Å². The Hall–Kier alpha value is -0.120. The third kappa shape index (κ3) is 4.04. The largest absolute Gasteiger partial charge is 0.379 e. The first-order chi connectivity index (χ1) is 5.93. The predicted octanol–water partition coefficient (Wildman–Crippen LogP) is 0.494. The van der Waals surface area contributed by atoms with Crippen molar-refractivity contribution < 1.29 is 4.74 Å². The average molecular weight is 172 g/mol. The fourth-order valence-corrected chi connectivity index (χ4v) is 1.52. The first-order valence-corrected chi connectivity index (χ1v) is 4.94. The summed E-state index contributed by atoms with van der Waals surface area (Å²) in [6, 6.07) is 0.594. The minimum atomic E-state index is 0.594. The van der Waals surface area contributed by atoms with E-state index in [9.17, 15) is 0 Å². The van der Waals surface area contributed by atoms with Crippen molar-refractivity contribution in [3.8, 4) is 0 Å². The van der Waals surface area contributed by atoms with E-state index in [1.807, 2.05) is 0 Å². The molecule has 3 N–H and O–H groups in total. The maximum absolute atomic E-state index is 5.41. The molecule has 1 saturated heterocycles. The molecule has 12 heavy (non-hydrogen) atoms. The molecule has 0 amide bonds. The van der Waals surface area contributed by atoms with E-state index in [4.69, 9.17) is 10.5 Å². The lowest BCUT2D eigenvalue weighted by Crippen LogP contribution is -2.41. The van der Waals surface area contributed by atoms with Gasteiger partial charge in [-0.15, -0.1) is 0 Å². The molecule has 0 radical (unpaired) electrons. The Bertz CT molecular complexity index is 103. The van der Waals surface area contributed by atoms with Crippen molar-refractivity contribution in [1.82, 2.24) is 5.32 Å². The van der Waals surface area contributed by atoms with Crippen LogP contribution in [0, 0.1) is 0 Å². The molecule has 3 nitrogen and oxygen atoms in total. The summed E-state index contributed by atoms with van der Waals surface area (Å²) in [5.41, 5.74) is 5.41. The topological polar surface area (TPSA) is 47.3 Å². The highest BCUT2D eigenvalue weighted by Gasteiger charge is 2.11. The Morgan fingerprint density at radius 3 is 2.92 bits per heavy atom. The third-order valence-corrected chi connectivity index (χ3v) is 2.26. The van der Waals surface area contributed by atoms with Gasteiger partial charge < -0.3 is 15.8 Å². The second kappa shape index (κ2) is 6.40. The van der Waals surface area contributed by atoms with Crippen molar-refractivity contribution in [2.45, 2.75) is 31.7 Å². The zero-order valence-corrected chi connectivity index (χ0v) is 7.72. The Labute approximate surface area is 74.7 Å². The van der Waals surface area contributed by atoms with Gasteiger partial charge in [0.05, 0.1) is 13.2 Å². The van der Waals surface area contributed by atoms with Gasteiger partial charge in [-0.2, -0.15) is 0 Å². The second-order valence-electron chi connectivity index (χ2n) is 3.36. The lowest BCUT2D eigenvalue weighted by atomic mass is 10.1. The number of morpholine rings is 1. The van der Waals surface area contributed by atoms with Gasteiger partial charge in [-0.1, -0.05) is 12.8 Å². The first kappa shape index (κ1) is 9.96. The number of unbranched alkanes of at least 4 members (excludes halogenated alkanes) is 2. The monoisotopic (exact) mass is 172 g/mol. The molecule has 1 aliphatic heterocycles. The van der Waals surface area contributed by atoms with Crippen LogP contribution in [0.4, 0.5) is 0 Å². The minimum absolute atomic E-state index is 0.594. The average Bonchev–Trinajstić information content (AvgIpc) is 2.14. The standard InChI is InChI=1S/C9H20N2O/c10-5-3-1-2-4-9-8-12-7-6-11-9/h9,11H,1-8,10H2. The molecule has 1 fully saturated rings. The molecule has 0 bridgehead atoms. The van der Waals surface area contributed by atoms with Crippen LogP contribution in [-0.4, -0.2) is 32.3 Å². The molecule has 0 aromatic rings. The predicted molar refractivity (Wildman–Crippen MR) is 50.1 cm³/mol. The summed E-state index contributed by atoms with van der Waals surface area (Å²) in [6.07, 6.45) is 4.93. The molecule has 1 atom stereocenters. The van der Waals surface area contributed by atoms with Gasteiger partial charge >= 0.3 is 0 Å². The summed E-state index contributed by atoms with van der Waals surface area (Å²) in [6.45, 7) is 3.61. The SMILES string of the molecule is NCCCCCC1COCCN1. The van der Waals surface area contributed by atoms with Crippen LogP contribution in [0.5, 0.6) is 0 Å². The molecule has 1 aliphatic rings. The zero-order chi connectivity index (χ0) is 8.65. The number of hydrogen-bond acceptors (Lipinski definition) is 3. The number of nitrogens with one attached hydrogen (secondary N) is 1. The second-order valence-corrected chi connectivity index (χ2v) is 3.36. The fourth-order valence-electron chi connectivity index (χ4n) is 1.52. The van der Waals surface area contributed by atoms with E-state index in [1.54, 1.807) is 0 Å². The van der Waals surface area contributed by atoms with E-state index in [-0.39, 0.29) is 0 Å². The number of rotatable bonds is 5. The molecule has 0 spiro atoms. The van der Waals surface area contributed by atoms with E-state index in [0.29, 0.717) is 6.04 Å². The lowest BCUT2D eigenvalue weighted by molar-refractivity contribution is 0.0734. The number of ether oxygens (including phenoxy) is 1. The molecule has 72 valence electrons. The van der Waals surface area contributed by atoms with Gasteiger partial charge in [0.1, 0.15) is 0 Å². The van der Waals surface area contributed by atoms with Gasteiger partial charge in [0.25, 0.3) is 0 Å². The Morgan fingerprint density at radius 1 is 1.33 bits per heavy atom. The molecule has 3 heteroatoms. The van der Waals surface area contributed by atoms with Crippen molar-refractivity contribution in [2.24, 2.45) is 5.73 Å². The summed E-state index contributed by atoms with van der Waals surface area (Å²) in [5, 5.41) is 3.44. The smallest absolute Gasteiger partial charge is 0.0620 e. The molecule has 1 rings (SSSR count). The molecule has 0 aromatic heterocycles. The Kier molecular flexibility index (Phi) is 5.32. The maximum atomic E-state index is 5.41. The number of nitrogens with two attached hydrogens (primary N) is 1. The minimum Gasteiger partial charge on any atom is -0.379 e. The summed E-state index contributed by atoms with van der Waals surface area (Å²) < 4.78 is 5.35. The highest BCUT2D eigenvalue weighted by molar-refractivity contribution is 4.69. The van der Waals surface area contributed by atoms with Crippen molar-refractivity contribution in [3.05, 3.63) is 0 Å². The molecule has 0 aromatic carbocycles. The molecule has 0 saturated carbocycles. The van der Waals surface area contributed by atoms with Crippen LogP contribution in [-0.2, 0) is 4.74 Å². The molecule has 1 heterocycles. The first-order valence-electron chi connectivity index (χ1n) is 4.94. The van der Waals surface area contributed by atoms with Crippen LogP contribution in [0.25, 0.3) is 0 Å². The summed E-state index contributed by atoms with van der Waals surface area (Å²) >= 11 is 0.